The molecule has 0 saturated carbocycles. The molecule has 2 nitrogen and oxygen atoms in total. The topological polar surface area (TPSA) is 15.3 Å². The van der Waals surface area contributed by atoms with Gasteiger partial charge in [0.1, 0.15) is 0 Å². The van der Waals surface area contributed by atoms with Crippen LogP contribution in [-0.2, 0) is 0 Å². The molecule has 0 amide bonds. The van der Waals surface area contributed by atoms with Crippen LogP contribution in [0.5, 0.6) is 0 Å². The lowest BCUT2D eigenvalue weighted by atomic mass is 10.1. The molecule has 0 aromatic heterocycles. The van der Waals surface area contributed by atoms with E-state index in [1.807, 2.05) is 0 Å². The summed E-state index contributed by atoms with van der Waals surface area (Å²) >= 11 is 0. The molecule has 1 aliphatic heterocycles. The minimum atomic E-state index is -2.53. The Labute approximate surface area is 84.7 Å². The quantitative estimate of drug-likeness (QED) is 0.756. The van der Waals surface area contributed by atoms with Crippen molar-refractivity contribution < 1.29 is 8.78 Å². The van der Waals surface area contributed by atoms with Crippen molar-refractivity contribution in [3.8, 4) is 0 Å². The normalized spacial score (nSPS) is 30.6. The van der Waals surface area contributed by atoms with Gasteiger partial charge in [-0.15, -0.1) is 0 Å². The first kappa shape index (κ1) is 11.9. The molecule has 2 unspecified atom stereocenters. The lowest BCUT2D eigenvalue weighted by Crippen LogP contribution is -2.54. The highest BCUT2D eigenvalue weighted by atomic mass is 19.3. The van der Waals surface area contributed by atoms with Crippen molar-refractivity contribution in [1.29, 1.82) is 0 Å². The molecule has 0 bridgehead atoms. The zero-order chi connectivity index (χ0) is 10.8. The number of alkyl halides is 2. The van der Waals surface area contributed by atoms with Gasteiger partial charge in [0.15, 0.2) is 0 Å². The molecule has 84 valence electrons. The van der Waals surface area contributed by atoms with Crippen LogP contribution in [0, 0.1) is 0 Å². The maximum Gasteiger partial charge on any atom is 0.246 e. The van der Waals surface area contributed by atoms with Crippen LogP contribution in [0.4, 0.5) is 8.78 Å². The van der Waals surface area contributed by atoms with Crippen molar-refractivity contribution in [3.63, 3.8) is 0 Å². The number of halogens is 2. The summed E-state index contributed by atoms with van der Waals surface area (Å²) in [4.78, 5) is 2.14. The Morgan fingerprint density at radius 2 is 2.07 bits per heavy atom. The van der Waals surface area contributed by atoms with Crippen LogP contribution in [0.3, 0.4) is 0 Å². The minimum Gasteiger partial charge on any atom is -0.311 e. The fraction of sp³-hybridized carbons (Fsp3) is 1.00. The molecule has 0 aromatic carbocycles. The maximum absolute atomic E-state index is 12.7. The van der Waals surface area contributed by atoms with E-state index in [0.29, 0.717) is 18.6 Å². The van der Waals surface area contributed by atoms with Crippen LogP contribution >= 0.6 is 0 Å². The lowest BCUT2D eigenvalue weighted by molar-refractivity contribution is -0.00389. The number of nitrogens with zero attached hydrogens (tertiary/aromatic N) is 1. The molecule has 0 spiro atoms. The fourth-order valence-electron chi connectivity index (χ4n) is 1.75. The smallest absolute Gasteiger partial charge is 0.246 e. The first-order valence-corrected chi connectivity index (χ1v) is 5.24. The fourth-order valence-corrected chi connectivity index (χ4v) is 1.75. The second-order valence-electron chi connectivity index (χ2n) is 4.47. The summed E-state index contributed by atoms with van der Waals surface area (Å²) in [5.41, 5.74) is 0. The summed E-state index contributed by atoms with van der Waals surface area (Å²) in [6.07, 6.45) is -0.0376. The van der Waals surface area contributed by atoms with E-state index in [-0.39, 0.29) is 6.42 Å². The molecular formula is C10H20F2N2. The van der Waals surface area contributed by atoms with Crippen molar-refractivity contribution in [2.75, 3.05) is 19.6 Å². The van der Waals surface area contributed by atoms with Crippen molar-refractivity contribution in [3.05, 3.63) is 0 Å². The first-order chi connectivity index (χ1) is 6.38. The SMILES string of the molecule is CC1CN(CCC(C)(F)F)C(C)CN1. The average Bonchev–Trinajstić information content (AvgIpc) is 2.05. The highest BCUT2D eigenvalue weighted by Crippen LogP contribution is 2.18. The summed E-state index contributed by atoms with van der Waals surface area (Å²) in [6, 6.07) is 0.783. The molecule has 1 fully saturated rings. The van der Waals surface area contributed by atoms with Gasteiger partial charge in [-0.3, -0.25) is 4.90 Å². The molecule has 1 N–H and O–H groups in total. The van der Waals surface area contributed by atoms with E-state index < -0.39 is 5.92 Å². The largest absolute Gasteiger partial charge is 0.311 e. The van der Waals surface area contributed by atoms with Gasteiger partial charge in [0.05, 0.1) is 0 Å². The third-order valence-electron chi connectivity index (χ3n) is 2.73. The summed E-state index contributed by atoms with van der Waals surface area (Å²) in [5, 5.41) is 3.33. The highest BCUT2D eigenvalue weighted by Gasteiger charge is 2.26. The van der Waals surface area contributed by atoms with Crippen molar-refractivity contribution in [2.24, 2.45) is 0 Å². The van der Waals surface area contributed by atoms with E-state index >= 15 is 0 Å². The Morgan fingerprint density at radius 1 is 1.43 bits per heavy atom. The van der Waals surface area contributed by atoms with Gasteiger partial charge in [0, 0.05) is 38.1 Å². The highest BCUT2D eigenvalue weighted by molar-refractivity contribution is 4.81. The second-order valence-corrected chi connectivity index (χ2v) is 4.47. The number of rotatable bonds is 3. The van der Waals surface area contributed by atoms with Gasteiger partial charge in [-0.25, -0.2) is 8.78 Å². The zero-order valence-corrected chi connectivity index (χ0v) is 9.19. The molecule has 0 aromatic rings. The second kappa shape index (κ2) is 4.53. The van der Waals surface area contributed by atoms with Crippen molar-refractivity contribution >= 4 is 0 Å². The van der Waals surface area contributed by atoms with E-state index in [1.54, 1.807) is 0 Å². The maximum atomic E-state index is 12.7. The van der Waals surface area contributed by atoms with Gasteiger partial charge < -0.3 is 5.32 Å². The summed E-state index contributed by atoms with van der Waals surface area (Å²) < 4.78 is 25.3. The van der Waals surface area contributed by atoms with E-state index in [0.717, 1.165) is 20.0 Å². The van der Waals surface area contributed by atoms with Gasteiger partial charge in [0.2, 0.25) is 5.92 Å². The Kier molecular flexibility index (Phi) is 3.84. The van der Waals surface area contributed by atoms with E-state index in [9.17, 15) is 8.78 Å². The summed E-state index contributed by atoms with van der Waals surface area (Å²) in [6.45, 7) is 7.42. The van der Waals surface area contributed by atoms with Gasteiger partial charge in [0.25, 0.3) is 0 Å². The van der Waals surface area contributed by atoms with Gasteiger partial charge in [-0.1, -0.05) is 0 Å². The molecule has 2 atom stereocenters. The average molecular weight is 206 g/mol. The van der Waals surface area contributed by atoms with Crippen LogP contribution in [0.2, 0.25) is 0 Å². The van der Waals surface area contributed by atoms with Gasteiger partial charge >= 0.3 is 0 Å². The third-order valence-corrected chi connectivity index (χ3v) is 2.73. The molecule has 14 heavy (non-hydrogen) atoms. The number of hydrogen-bond acceptors (Lipinski definition) is 2. The Hall–Kier alpha value is -0.220. The van der Waals surface area contributed by atoms with Crippen LogP contribution in [0.15, 0.2) is 0 Å². The molecule has 0 radical (unpaired) electrons. The van der Waals surface area contributed by atoms with Crippen molar-refractivity contribution in [1.82, 2.24) is 10.2 Å². The minimum absolute atomic E-state index is 0.0376. The molecule has 1 rings (SSSR count). The van der Waals surface area contributed by atoms with Gasteiger partial charge in [-0.2, -0.15) is 0 Å². The van der Waals surface area contributed by atoms with Crippen LogP contribution < -0.4 is 5.32 Å². The standard InChI is InChI=1S/C10H20F2N2/c1-8-7-14(9(2)6-13-8)5-4-10(3,11)12/h8-9,13H,4-7H2,1-3H3. The number of hydrogen-bond donors (Lipinski definition) is 1. The zero-order valence-electron chi connectivity index (χ0n) is 9.19. The Bertz CT molecular complexity index is 179. The molecule has 1 heterocycles. The Balaban J connectivity index is 2.35. The predicted octanol–water partition coefficient (Wildman–Crippen LogP) is 1.71. The first-order valence-electron chi connectivity index (χ1n) is 5.24. The van der Waals surface area contributed by atoms with Gasteiger partial charge in [-0.05, 0) is 20.8 Å². The molecule has 1 saturated heterocycles. The summed E-state index contributed by atoms with van der Waals surface area (Å²) in [7, 11) is 0. The molecular weight excluding hydrogens is 186 g/mol. The predicted molar refractivity (Wildman–Crippen MR) is 53.7 cm³/mol. The Morgan fingerprint density at radius 3 is 2.64 bits per heavy atom. The number of nitrogens with one attached hydrogen (secondary N) is 1. The monoisotopic (exact) mass is 206 g/mol. The third kappa shape index (κ3) is 3.88. The van der Waals surface area contributed by atoms with E-state index in [1.165, 1.54) is 0 Å². The van der Waals surface area contributed by atoms with E-state index in [2.05, 4.69) is 24.1 Å². The van der Waals surface area contributed by atoms with E-state index in [4.69, 9.17) is 0 Å². The molecule has 4 heteroatoms. The molecule has 1 aliphatic rings. The van der Waals surface area contributed by atoms with Crippen molar-refractivity contribution in [2.45, 2.75) is 45.2 Å². The van der Waals surface area contributed by atoms with Crippen LogP contribution in [0.1, 0.15) is 27.2 Å². The van der Waals surface area contributed by atoms with Crippen LogP contribution in [0.25, 0.3) is 0 Å². The number of piperazine rings is 1. The van der Waals surface area contributed by atoms with Crippen LogP contribution in [-0.4, -0.2) is 42.5 Å². The lowest BCUT2D eigenvalue weighted by Gasteiger charge is -2.37. The summed E-state index contributed by atoms with van der Waals surface area (Å²) in [5.74, 6) is -2.53. The molecule has 0 aliphatic carbocycles.